The van der Waals surface area contributed by atoms with E-state index in [1.165, 1.54) is 5.56 Å². The number of rotatable bonds is 3. The molecule has 4 rings (SSSR count). The first-order chi connectivity index (χ1) is 12.6. The molecule has 1 aromatic heterocycles. The number of anilines is 2. The van der Waals surface area contributed by atoms with Crippen LogP contribution in [-0.4, -0.2) is 5.91 Å². The number of nitrogens with zero attached hydrogens (tertiary/aromatic N) is 1. The molecule has 0 aliphatic carbocycles. The minimum atomic E-state index is -0.223. The van der Waals surface area contributed by atoms with Crippen LogP contribution in [0.15, 0.2) is 71.0 Å². The van der Waals surface area contributed by atoms with Crippen LogP contribution in [0.5, 0.6) is 5.75 Å². The molecule has 2 aromatic carbocycles. The van der Waals surface area contributed by atoms with Gasteiger partial charge in [0.1, 0.15) is 5.76 Å². The second-order valence-electron chi connectivity index (χ2n) is 6.23. The maximum Gasteiger partial charge on any atom is 0.294 e. The van der Waals surface area contributed by atoms with Crippen LogP contribution >= 0.6 is 0 Å². The number of hydrogen-bond donors (Lipinski definition) is 1. The Morgan fingerprint density at radius 1 is 1.12 bits per heavy atom. The fourth-order valence-electron chi connectivity index (χ4n) is 2.87. The largest absolute Gasteiger partial charge is 0.465 e. The van der Waals surface area contributed by atoms with Gasteiger partial charge in [0.05, 0.1) is 18.5 Å². The first-order valence-corrected chi connectivity index (χ1v) is 8.30. The topological polar surface area (TPSA) is 68.7 Å². The molecule has 1 aliphatic heterocycles. The molecule has 0 atom stereocenters. The third-order valence-corrected chi connectivity index (χ3v) is 4.23. The Hall–Kier alpha value is -3.47. The molecule has 5 nitrogen and oxygen atoms in total. The van der Waals surface area contributed by atoms with Crippen molar-refractivity contribution < 1.29 is 13.9 Å². The molecule has 3 aromatic rings. The van der Waals surface area contributed by atoms with Crippen LogP contribution in [0.25, 0.3) is 6.08 Å². The average Bonchev–Trinajstić information content (AvgIpc) is 3.13. The van der Waals surface area contributed by atoms with Crippen LogP contribution < -0.4 is 15.4 Å². The second-order valence-corrected chi connectivity index (χ2v) is 6.23. The second kappa shape index (κ2) is 6.44. The molecule has 5 heteroatoms. The summed E-state index contributed by atoms with van der Waals surface area (Å²) in [4.78, 5) is 14.7. The number of furan rings is 1. The molecule has 0 spiro atoms. The van der Waals surface area contributed by atoms with Crippen molar-refractivity contribution in [3.63, 3.8) is 0 Å². The van der Waals surface area contributed by atoms with Crippen LogP contribution in [0.1, 0.15) is 16.9 Å². The summed E-state index contributed by atoms with van der Waals surface area (Å²) in [5.41, 5.74) is 9.37. The first-order valence-electron chi connectivity index (χ1n) is 8.30. The summed E-state index contributed by atoms with van der Waals surface area (Å²) in [7, 11) is 0. The lowest BCUT2D eigenvalue weighted by Gasteiger charge is -2.30. The zero-order chi connectivity index (χ0) is 18.1. The Labute approximate surface area is 151 Å². The number of nitrogen functional groups attached to an aromatic ring is 1. The van der Waals surface area contributed by atoms with E-state index in [0.717, 1.165) is 5.56 Å². The third kappa shape index (κ3) is 3.07. The van der Waals surface area contributed by atoms with Crippen LogP contribution in [-0.2, 0) is 11.3 Å². The Morgan fingerprint density at radius 2 is 1.92 bits per heavy atom. The molecular weight excluding hydrogens is 328 g/mol. The summed E-state index contributed by atoms with van der Waals surface area (Å²) < 4.78 is 11.1. The fourth-order valence-corrected chi connectivity index (χ4v) is 2.87. The van der Waals surface area contributed by atoms with E-state index in [-0.39, 0.29) is 11.7 Å². The Kier molecular flexibility index (Phi) is 3.97. The summed E-state index contributed by atoms with van der Waals surface area (Å²) in [6.45, 7) is 2.47. The van der Waals surface area contributed by atoms with Gasteiger partial charge in [-0.05, 0) is 36.8 Å². The highest BCUT2D eigenvalue weighted by molar-refractivity contribution is 6.09. The van der Waals surface area contributed by atoms with Crippen molar-refractivity contribution in [2.24, 2.45) is 0 Å². The summed E-state index contributed by atoms with van der Waals surface area (Å²) >= 11 is 0. The lowest BCUT2D eigenvalue weighted by Crippen LogP contribution is -2.36. The SMILES string of the molecule is Cc1ccc(CN2C(=O)/C(=C\c3ccco3)Oc3cc(N)ccc32)cc1. The Morgan fingerprint density at radius 3 is 2.65 bits per heavy atom. The highest BCUT2D eigenvalue weighted by Gasteiger charge is 2.30. The van der Waals surface area contributed by atoms with Gasteiger partial charge in [0, 0.05) is 17.8 Å². The molecule has 2 heterocycles. The van der Waals surface area contributed by atoms with Gasteiger partial charge in [-0.25, -0.2) is 0 Å². The normalized spacial score (nSPS) is 15.0. The standard InChI is InChI=1S/C21H18N2O3/c1-14-4-6-15(7-5-14)13-23-18-9-8-16(22)11-19(18)26-20(21(23)24)12-17-3-2-10-25-17/h2-12H,13,22H2,1H3/b20-12+. The van der Waals surface area contributed by atoms with E-state index in [1.54, 1.807) is 47.6 Å². The van der Waals surface area contributed by atoms with Crippen LogP contribution in [0.3, 0.4) is 0 Å². The van der Waals surface area contributed by atoms with E-state index in [4.69, 9.17) is 14.9 Å². The maximum atomic E-state index is 13.0. The van der Waals surface area contributed by atoms with E-state index >= 15 is 0 Å². The summed E-state index contributed by atoms with van der Waals surface area (Å²) in [6, 6.07) is 16.9. The molecule has 0 saturated heterocycles. The molecule has 0 fully saturated rings. The van der Waals surface area contributed by atoms with Gasteiger partial charge in [-0.1, -0.05) is 29.8 Å². The summed E-state index contributed by atoms with van der Waals surface area (Å²) in [5.74, 6) is 1.08. The van der Waals surface area contributed by atoms with Gasteiger partial charge in [0.2, 0.25) is 0 Å². The highest BCUT2D eigenvalue weighted by Crippen LogP contribution is 2.38. The molecule has 26 heavy (non-hydrogen) atoms. The summed E-state index contributed by atoms with van der Waals surface area (Å²) in [5, 5.41) is 0. The number of nitrogens with two attached hydrogens (primary N) is 1. The predicted octanol–water partition coefficient (Wildman–Crippen LogP) is 4.14. The van der Waals surface area contributed by atoms with Crippen molar-refractivity contribution in [1.29, 1.82) is 0 Å². The van der Waals surface area contributed by atoms with E-state index in [9.17, 15) is 4.79 Å². The van der Waals surface area contributed by atoms with Crippen LogP contribution in [0.2, 0.25) is 0 Å². The molecular formula is C21H18N2O3. The molecule has 0 bridgehead atoms. The zero-order valence-corrected chi connectivity index (χ0v) is 14.3. The number of ether oxygens (including phenoxy) is 1. The van der Waals surface area contributed by atoms with Gasteiger partial charge in [-0.3, -0.25) is 9.69 Å². The Balaban J connectivity index is 1.75. The number of amides is 1. The van der Waals surface area contributed by atoms with E-state index in [0.29, 0.717) is 29.4 Å². The van der Waals surface area contributed by atoms with Gasteiger partial charge < -0.3 is 14.9 Å². The first kappa shape index (κ1) is 16.0. The number of carbonyl (C=O) groups excluding carboxylic acids is 1. The van der Waals surface area contributed by atoms with Crippen molar-refractivity contribution in [3.8, 4) is 5.75 Å². The molecule has 130 valence electrons. The van der Waals surface area contributed by atoms with Crippen molar-refractivity contribution >= 4 is 23.4 Å². The maximum absolute atomic E-state index is 13.0. The monoisotopic (exact) mass is 346 g/mol. The van der Waals surface area contributed by atoms with Gasteiger partial charge in [-0.2, -0.15) is 0 Å². The number of fused-ring (bicyclic) bond motifs is 1. The number of benzene rings is 2. The van der Waals surface area contributed by atoms with E-state index in [2.05, 4.69) is 0 Å². The fraction of sp³-hybridized carbons (Fsp3) is 0.0952. The van der Waals surface area contributed by atoms with Gasteiger partial charge in [-0.15, -0.1) is 0 Å². The smallest absolute Gasteiger partial charge is 0.294 e. The Bertz CT molecular complexity index is 973. The zero-order valence-electron chi connectivity index (χ0n) is 14.3. The lowest BCUT2D eigenvalue weighted by atomic mass is 10.1. The predicted molar refractivity (Wildman–Crippen MR) is 101 cm³/mol. The van der Waals surface area contributed by atoms with Crippen molar-refractivity contribution in [2.75, 3.05) is 10.6 Å². The molecule has 1 amide bonds. The van der Waals surface area contributed by atoms with Crippen molar-refractivity contribution in [1.82, 2.24) is 0 Å². The van der Waals surface area contributed by atoms with Gasteiger partial charge in [0.15, 0.2) is 11.5 Å². The van der Waals surface area contributed by atoms with Gasteiger partial charge in [0.25, 0.3) is 5.91 Å². The van der Waals surface area contributed by atoms with E-state index < -0.39 is 0 Å². The molecule has 0 radical (unpaired) electrons. The number of carbonyl (C=O) groups is 1. The quantitative estimate of drug-likeness (QED) is 0.572. The minimum Gasteiger partial charge on any atom is -0.465 e. The molecule has 0 saturated carbocycles. The third-order valence-electron chi connectivity index (χ3n) is 4.23. The minimum absolute atomic E-state index is 0.199. The molecule has 1 aliphatic rings. The number of aryl methyl sites for hydroxylation is 1. The number of hydrogen-bond acceptors (Lipinski definition) is 4. The van der Waals surface area contributed by atoms with Crippen molar-refractivity contribution in [2.45, 2.75) is 13.5 Å². The highest BCUT2D eigenvalue weighted by atomic mass is 16.5. The van der Waals surface area contributed by atoms with E-state index in [1.807, 2.05) is 31.2 Å². The molecule has 2 N–H and O–H groups in total. The van der Waals surface area contributed by atoms with Crippen molar-refractivity contribution in [3.05, 3.63) is 83.5 Å². The molecule has 0 unspecified atom stereocenters. The summed E-state index contributed by atoms with van der Waals surface area (Å²) in [6.07, 6.45) is 3.15. The van der Waals surface area contributed by atoms with Gasteiger partial charge >= 0.3 is 0 Å². The van der Waals surface area contributed by atoms with Crippen LogP contribution in [0, 0.1) is 6.92 Å². The van der Waals surface area contributed by atoms with Crippen LogP contribution in [0.4, 0.5) is 11.4 Å². The lowest BCUT2D eigenvalue weighted by molar-refractivity contribution is -0.117. The average molecular weight is 346 g/mol.